The minimum absolute atomic E-state index is 0.206. The third-order valence-corrected chi connectivity index (χ3v) is 1.48. The molecule has 0 nitrogen and oxygen atoms in total. The maximum atomic E-state index is 12.5. The molecule has 0 aliphatic carbocycles. The number of rotatable bonds is 1. The smallest absolute Gasteiger partial charge is 0.200 e. The van der Waals surface area contributed by atoms with Crippen LogP contribution in [0.5, 0.6) is 0 Å². The molecule has 1 aromatic rings. The Labute approximate surface area is 72.3 Å². The lowest BCUT2D eigenvalue weighted by Crippen LogP contribution is -1.78. The molecule has 0 amide bonds. The van der Waals surface area contributed by atoms with Crippen LogP contribution >= 0.6 is 11.6 Å². The normalized spacial score (nSPS) is 9.67. The molecule has 0 unspecified atom stereocenters. The third kappa shape index (κ3) is 2.01. The van der Waals surface area contributed by atoms with E-state index >= 15 is 0 Å². The fourth-order valence-corrected chi connectivity index (χ4v) is 0.924. The summed E-state index contributed by atoms with van der Waals surface area (Å²) in [6, 6.07) is 5.24. The summed E-state index contributed by atoms with van der Waals surface area (Å²) >= 11 is 5.46. The monoisotopic (exact) mass is 192 g/mol. The van der Waals surface area contributed by atoms with E-state index in [0.717, 1.165) is 6.07 Å². The molecule has 0 heterocycles. The molecule has 0 radical (unpaired) electrons. The van der Waals surface area contributed by atoms with Gasteiger partial charge in [0.15, 0.2) is 5.83 Å². The summed E-state index contributed by atoms with van der Waals surface area (Å²) in [5.74, 6) is -1.53. The standard InChI is InChI=1S/C8H4ClF3/c9-6-3-1-2-5(4-6)7(10)8(11)12/h1-4H. The van der Waals surface area contributed by atoms with Crippen LogP contribution in [-0.4, -0.2) is 0 Å². The van der Waals surface area contributed by atoms with E-state index < -0.39 is 11.9 Å². The number of hydrogen-bond acceptors (Lipinski definition) is 0. The highest BCUT2D eigenvalue weighted by atomic mass is 35.5. The van der Waals surface area contributed by atoms with Crippen LogP contribution in [0, 0.1) is 0 Å². The van der Waals surface area contributed by atoms with Crippen LogP contribution in [0.3, 0.4) is 0 Å². The van der Waals surface area contributed by atoms with Crippen LogP contribution in [0.25, 0.3) is 5.83 Å². The Kier molecular flexibility index (Phi) is 2.76. The molecule has 0 fully saturated rings. The Morgan fingerprint density at radius 3 is 2.33 bits per heavy atom. The third-order valence-electron chi connectivity index (χ3n) is 1.24. The predicted octanol–water partition coefficient (Wildman–Crippen LogP) is 3.87. The SMILES string of the molecule is FC(F)=C(F)c1cccc(Cl)c1. The summed E-state index contributed by atoms with van der Waals surface area (Å²) in [6.07, 6.45) is -2.34. The summed E-state index contributed by atoms with van der Waals surface area (Å²) in [5, 5.41) is 0.226. The molecule has 1 aromatic carbocycles. The molecule has 0 saturated heterocycles. The molecule has 4 heteroatoms. The second-order valence-corrected chi connectivity index (χ2v) is 2.52. The zero-order chi connectivity index (χ0) is 9.14. The second kappa shape index (κ2) is 3.63. The predicted molar refractivity (Wildman–Crippen MR) is 41.7 cm³/mol. The molecule has 0 atom stereocenters. The van der Waals surface area contributed by atoms with Gasteiger partial charge in [-0.25, -0.2) is 4.39 Å². The highest BCUT2D eigenvalue weighted by Gasteiger charge is 2.07. The average molecular weight is 193 g/mol. The van der Waals surface area contributed by atoms with Gasteiger partial charge in [-0.05, 0) is 12.1 Å². The summed E-state index contributed by atoms with van der Waals surface area (Å²) in [6.45, 7) is 0. The van der Waals surface area contributed by atoms with Crippen molar-refractivity contribution in [2.75, 3.05) is 0 Å². The summed E-state index contributed by atoms with van der Waals surface area (Å²) in [7, 11) is 0. The molecular weight excluding hydrogens is 189 g/mol. The molecular formula is C8H4ClF3. The van der Waals surface area contributed by atoms with Gasteiger partial charge in [-0.15, -0.1) is 0 Å². The van der Waals surface area contributed by atoms with Crippen molar-refractivity contribution < 1.29 is 13.2 Å². The molecule has 0 aromatic heterocycles. The molecule has 0 spiro atoms. The van der Waals surface area contributed by atoms with E-state index in [1.54, 1.807) is 0 Å². The van der Waals surface area contributed by atoms with Crippen molar-refractivity contribution in [2.45, 2.75) is 0 Å². The van der Waals surface area contributed by atoms with Crippen molar-refractivity contribution in [1.82, 2.24) is 0 Å². The molecule has 12 heavy (non-hydrogen) atoms. The van der Waals surface area contributed by atoms with Crippen LogP contribution in [0.4, 0.5) is 13.2 Å². The van der Waals surface area contributed by atoms with Gasteiger partial charge in [0.2, 0.25) is 0 Å². The Hall–Kier alpha value is -0.960. The van der Waals surface area contributed by atoms with Crippen LogP contribution in [0.1, 0.15) is 5.56 Å². The fourth-order valence-electron chi connectivity index (χ4n) is 0.734. The maximum absolute atomic E-state index is 12.5. The Morgan fingerprint density at radius 1 is 1.17 bits per heavy atom. The number of benzene rings is 1. The molecule has 0 aliphatic rings. The van der Waals surface area contributed by atoms with Crippen molar-refractivity contribution in [2.24, 2.45) is 0 Å². The fraction of sp³-hybridized carbons (Fsp3) is 0. The largest absolute Gasteiger partial charge is 0.306 e. The zero-order valence-electron chi connectivity index (χ0n) is 5.82. The summed E-state index contributed by atoms with van der Waals surface area (Å²) < 4.78 is 35.9. The van der Waals surface area contributed by atoms with Crippen LogP contribution in [0.15, 0.2) is 30.3 Å². The van der Waals surface area contributed by atoms with Crippen LogP contribution in [0.2, 0.25) is 5.02 Å². The number of halogens is 4. The average Bonchev–Trinajstić information content (AvgIpc) is 2.03. The van der Waals surface area contributed by atoms with Gasteiger partial charge in [-0.1, -0.05) is 23.7 Å². The highest BCUT2D eigenvalue weighted by Crippen LogP contribution is 2.23. The van der Waals surface area contributed by atoms with E-state index in [9.17, 15) is 13.2 Å². The topological polar surface area (TPSA) is 0 Å². The van der Waals surface area contributed by atoms with Gasteiger partial charge < -0.3 is 0 Å². The molecule has 0 saturated carbocycles. The first-order valence-electron chi connectivity index (χ1n) is 3.08. The van der Waals surface area contributed by atoms with Gasteiger partial charge in [-0.2, -0.15) is 8.78 Å². The minimum atomic E-state index is -2.34. The van der Waals surface area contributed by atoms with E-state index in [1.807, 2.05) is 0 Å². The lowest BCUT2D eigenvalue weighted by molar-refractivity contribution is 0.410. The second-order valence-electron chi connectivity index (χ2n) is 2.08. The Balaban J connectivity index is 3.13. The zero-order valence-corrected chi connectivity index (χ0v) is 6.58. The first-order chi connectivity index (χ1) is 5.61. The van der Waals surface area contributed by atoms with Crippen molar-refractivity contribution >= 4 is 17.4 Å². The molecule has 64 valence electrons. The van der Waals surface area contributed by atoms with Gasteiger partial charge in [-0.3, -0.25) is 0 Å². The van der Waals surface area contributed by atoms with Gasteiger partial charge in [0, 0.05) is 10.6 Å². The van der Waals surface area contributed by atoms with Gasteiger partial charge in [0.25, 0.3) is 0 Å². The van der Waals surface area contributed by atoms with Gasteiger partial charge in [0.05, 0.1) is 0 Å². The van der Waals surface area contributed by atoms with E-state index in [4.69, 9.17) is 11.6 Å². The van der Waals surface area contributed by atoms with Gasteiger partial charge in [0.1, 0.15) is 0 Å². The van der Waals surface area contributed by atoms with Crippen LogP contribution in [-0.2, 0) is 0 Å². The van der Waals surface area contributed by atoms with Gasteiger partial charge >= 0.3 is 6.08 Å². The highest BCUT2D eigenvalue weighted by molar-refractivity contribution is 6.30. The van der Waals surface area contributed by atoms with E-state index in [0.29, 0.717) is 0 Å². The van der Waals surface area contributed by atoms with Crippen molar-refractivity contribution in [3.8, 4) is 0 Å². The number of hydrogen-bond donors (Lipinski definition) is 0. The lowest BCUT2D eigenvalue weighted by atomic mass is 10.2. The quantitative estimate of drug-likeness (QED) is 0.634. The molecule has 0 N–H and O–H groups in total. The first kappa shape index (κ1) is 9.13. The van der Waals surface area contributed by atoms with Crippen molar-refractivity contribution in [1.29, 1.82) is 0 Å². The Bertz CT molecular complexity index is 316. The maximum Gasteiger partial charge on any atom is 0.306 e. The van der Waals surface area contributed by atoms with Crippen LogP contribution < -0.4 is 0 Å². The van der Waals surface area contributed by atoms with E-state index in [-0.39, 0.29) is 10.6 Å². The summed E-state index contributed by atoms with van der Waals surface area (Å²) in [5.41, 5.74) is -0.206. The molecule has 0 bridgehead atoms. The Morgan fingerprint density at radius 2 is 1.83 bits per heavy atom. The van der Waals surface area contributed by atoms with Crippen molar-refractivity contribution in [3.05, 3.63) is 40.9 Å². The minimum Gasteiger partial charge on any atom is -0.200 e. The van der Waals surface area contributed by atoms with E-state index in [2.05, 4.69) is 0 Å². The summed E-state index contributed by atoms with van der Waals surface area (Å²) in [4.78, 5) is 0. The van der Waals surface area contributed by atoms with Crippen molar-refractivity contribution in [3.63, 3.8) is 0 Å². The molecule has 1 rings (SSSR count). The van der Waals surface area contributed by atoms with E-state index in [1.165, 1.54) is 18.2 Å². The molecule has 0 aliphatic heterocycles. The lowest BCUT2D eigenvalue weighted by Gasteiger charge is -1.96. The first-order valence-corrected chi connectivity index (χ1v) is 3.46.